The Morgan fingerprint density at radius 2 is 2.11 bits per heavy atom. The van der Waals surface area contributed by atoms with E-state index < -0.39 is 0 Å². The van der Waals surface area contributed by atoms with E-state index in [1.54, 1.807) is 30.3 Å². The molecular weight excluding hydrogens is 330 g/mol. The molecule has 0 amide bonds. The Morgan fingerprint density at radius 3 is 2.74 bits per heavy atom. The maximum absolute atomic E-state index is 7.45. The monoisotopic (exact) mass is 339 g/mol. The van der Waals surface area contributed by atoms with E-state index >= 15 is 0 Å². The van der Waals surface area contributed by atoms with Crippen molar-refractivity contribution in [2.45, 2.75) is 6.92 Å². The van der Waals surface area contributed by atoms with Gasteiger partial charge in [0.1, 0.15) is 11.6 Å². The molecule has 1 aromatic carbocycles. The minimum absolute atomic E-state index is 0.0227. The molecule has 2 aromatic rings. The van der Waals surface area contributed by atoms with Crippen molar-refractivity contribution >= 4 is 33.4 Å². The van der Waals surface area contributed by atoms with Crippen LogP contribution in [0.25, 0.3) is 0 Å². The molecule has 0 bridgehead atoms. The predicted molar refractivity (Wildman–Crippen MR) is 79.2 cm³/mol. The lowest BCUT2D eigenvalue weighted by Crippen LogP contribution is -2.11. The number of nitrogen functional groups attached to an aromatic ring is 1. The van der Waals surface area contributed by atoms with Crippen molar-refractivity contribution in [3.05, 3.63) is 51.1 Å². The lowest BCUT2D eigenvalue weighted by atomic mass is 10.2. The molecule has 4 nitrogen and oxygen atoms in total. The maximum Gasteiger partial charge on any atom is 0.220 e. The molecular formula is C13H11BrClN3O. The minimum atomic E-state index is -0.0227. The second-order valence-electron chi connectivity index (χ2n) is 3.93. The average Bonchev–Trinajstić information content (AvgIpc) is 2.32. The molecule has 3 N–H and O–H groups in total. The normalized spacial score (nSPS) is 10.3. The van der Waals surface area contributed by atoms with E-state index in [0.29, 0.717) is 22.2 Å². The van der Waals surface area contributed by atoms with Crippen LogP contribution in [0.1, 0.15) is 11.3 Å². The van der Waals surface area contributed by atoms with Crippen LogP contribution in [0.3, 0.4) is 0 Å². The molecule has 19 heavy (non-hydrogen) atoms. The van der Waals surface area contributed by atoms with Crippen LogP contribution < -0.4 is 10.5 Å². The number of halogens is 2. The quantitative estimate of drug-likeness (QED) is 0.658. The van der Waals surface area contributed by atoms with Crippen molar-refractivity contribution < 1.29 is 4.74 Å². The van der Waals surface area contributed by atoms with E-state index in [-0.39, 0.29) is 5.84 Å². The highest BCUT2D eigenvalue weighted by Crippen LogP contribution is 2.31. The summed E-state index contributed by atoms with van der Waals surface area (Å²) in [5, 5.41) is 8.06. The van der Waals surface area contributed by atoms with Gasteiger partial charge in [-0.25, -0.2) is 4.98 Å². The molecule has 0 fully saturated rings. The Morgan fingerprint density at radius 1 is 1.37 bits per heavy atom. The molecule has 0 radical (unpaired) electrons. The lowest BCUT2D eigenvalue weighted by molar-refractivity contribution is 0.459. The zero-order valence-corrected chi connectivity index (χ0v) is 12.4. The summed E-state index contributed by atoms with van der Waals surface area (Å²) in [7, 11) is 0. The van der Waals surface area contributed by atoms with Gasteiger partial charge in [-0.3, -0.25) is 5.41 Å². The maximum atomic E-state index is 7.45. The number of aryl methyl sites for hydroxylation is 1. The van der Waals surface area contributed by atoms with Crippen LogP contribution in [-0.2, 0) is 0 Å². The number of rotatable bonds is 3. The first-order valence-electron chi connectivity index (χ1n) is 5.41. The van der Waals surface area contributed by atoms with Crippen LogP contribution in [0.15, 0.2) is 34.8 Å². The fourth-order valence-corrected chi connectivity index (χ4v) is 2.28. The molecule has 0 saturated carbocycles. The van der Waals surface area contributed by atoms with Gasteiger partial charge in [-0.15, -0.1) is 0 Å². The Hall–Kier alpha value is -1.59. The number of hydrogen-bond acceptors (Lipinski definition) is 3. The number of nitrogens with two attached hydrogens (primary N) is 1. The number of amidine groups is 1. The van der Waals surface area contributed by atoms with Gasteiger partial charge in [-0.05, 0) is 47.1 Å². The van der Waals surface area contributed by atoms with Crippen LogP contribution >= 0.6 is 27.5 Å². The van der Waals surface area contributed by atoms with Gasteiger partial charge in [-0.1, -0.05) is 11.6 Å². The zero-order chi connectivity index (χ0) is 14.0. The molecule has 0 unspecified atom stereocenters. The first kappa shape index (κ1) is 13.8. The van der Waals surface area contributed by atoms with E-state index in [1.165, 1.54) is 0 Å². The van der Waals surface area contributed by atoms with Gasteiger partial charge in [0, 0.05) is 22.3 Å². The molecule has 0 atom stereocenters. The summed E-state index contributed by atoms with van der Waals surface area (Å²) >= 11 is 9.23. The summed E-state index contributed by atoms with van der Waals surface area (Å²) in [6.45, 7) is 1.82. The number of ether oxygens (including phenoxy) is 1. The third-order valence-electron chi connectivity index (χ3n) is 2.35. The van der Waals surface area contributed by atoms with Crippen LogP contribution in [0, 0.1) is 12.3 Å². The number of hydrogen-bond donors (Lipinski definition) is 2. The number of nitrogens with zero attached hydrogens (tertiary/aromatic N) is 1. The number of nitrogens with one attached hydrogen (secondary N) is 1. The molecule has 0 spiro atoms. The Balaban J connectivity index is 2.35. The molecule has 0 aliphatic carbocycles. The largest absolute Gasteiger partial charge is 0.438 e. The van der Waals surface area contributed by atoms with E-state index in [2.05, 4.69) is 20.9 Å². The van der Waals surface area contributed by atoms with Crippen molar-refractivity contribution in [1.29, 1.82) is 5.41 Å². The molecule has 0 aliphatic rings. The van der Waals surface area contributed by atoms with Crippen LogP contribution in [0.2, 0.25) is 5.02 Å². The van der Waals surface area contributed by atoms with E-state index in [9.17, 15) is 0 Å². The highest BCUT2D eigenvalue weighted by atomic mass is 79.9. The SMILES string of the molecule is Cc1cc(C(=N)N)cc(Oc2ccc(Cl)cc2Br)n1. The molecule has 2 rings (SSSR count). The Bertz CT molecular complexity index is 646. The minimum Gasteiger partial charge on any atom is -0.438 e. The molecule has 0 aliphatic heterocycles. The van der Waals surface area contributed by atoms with Gasteiger partial charge >= 0.3 is 0 Å². The summed E-state index contributed by atoms with van der Waals surface area (Å²) in [6, 6.07) is 8.55. The number of benzene rings is 1. The van der Waals surface area contributed by atoms with E-state index in [4.69, 9.17) is 27.5 Å². The number of pyridine rings is 1. The van der Waals surface area contributed by atoms with Crippen molar-refractivity contribution in [2.24, 2.45) is 5.73 Å². The van der Waals surface area contributed by atoms with Gasteiger partial charge in [0.05, 0.1) is 4.47 Å². The van der Waals surface area contributed by atoms with Crippen molar-refractivity contribution in [1.82, 2.24) is 4.98 Å². The highest BCUT2D eigenvalue weighted by Gasteiger charge is 2.07. The van der Waals surface area contributed by atoms with Gasteiger partial charge in [0.15, 0.2) is 0 Å². The van der Waals surface area contributed by atoms with Crippen LogP contribution in [0.4, 0.5) is 0 Å². The lowest BCUT2D eigenvalue weighted by Gasteiger charge is -2.09. The molecule has 98 valence electrons. The van der Waals surface area contributed by atoms with Gasteiger partial charge < -0.3 is 10.5 Å². The summed E-state index contributed by atoms with van der Waals surface area (Å²) in [4.78, 5) is 4.25. The standard InChI is InChI=1S/C13H11BrClN3O/c1-7-4-8(13(16)17)5-12(18-7)19-11-3-2-9(15)6-10(11)14/h2-6H,1H3,(H3,16,17). The van der Waals surface area contributed by atoms with Gasteiger partial charge in [-0.2, -0.15) is 0 Å². The first-order valence-corrected chi connectivity index (χ1v) is 6.59. The summed E-state index contributed by atoms with van der Waals surface area (Å²) in [6.07, 6.45) is 0. The van der Waals surface area contributed by atoms with Crippen LogP contribution in [-0.4, -0.2) is 10.8 Å². The summed E-state index contributed by atoms with van der Waals surface area (Å²) in [5.41, 5.74) is 6.77. The average molecular weight is 341 g/mol. The molecule has 0 saturated heterocycles. The van der Waals surface area contributed by atoms with E-state index in [1.807, 2.05) is 6.92 Å². The Labute approximate surface area is 124 Å². The zero-order valence-electron chi connectivity index (χ0n) is 10.1. The smallest absolute Gasteiger partial charge is 0.220 e. The second kappa shape index (κ2) is 5.59. The third kappa shape index (κ3) is 3.45. The predicted octanol–water partition coefficient (Wildman–Crippen LogP) is 3.88. The van der Waals surface area contributed by atoms with Gasteiger partial charge in [0.25, 0.3) is 0 Å². The Kier molecular flexibility index (Phi) is 4.07. The summed E-state index contributed by atoms with van der Waals surface area (Å²) < 4.78 is 6.40. The van der Waals surface area contributed by atoms with Gasteiger partial charge in [0.2, 0.25) is 5.88 Å². The fraction of sp³-hybridized carbons (Fsp3) is 0.0769. The number of aromatic nitrogens is 1. The molecule has 6 heteroatoms. The van der Waals surface area contributed by atoms with Crippen molar-refractivity contribution in [3.63, 3.8) is 0 Å². The van der Waals surface area contributed by atoms with Crippen LogP contribution in [0.5, 0.6) is 11.6 Å². The summed E-state index contributed by atoms with van der Waals surface area (Å²) in [5.74, 6) is 0.954. The van der Waals surface area contributed by atoms with E-state index in [0.717, 1.165) is 10.2 Å². The van der Waals surface area contributed by atoms with Crippen molar-refractivity contribution in [3.8, 4) is 11.6 Å². The highest BCUT2D eigenvalue weighted by molar-refractivity contribution is 9.10. The fourth-order valence-electron chi connectivity index (χ4n) is 1.52. The molecule has 1 heterocycles. The first-order chi connectivity index (χ1) is 8.95. The molecule has 1 aromatic heterocycles. The van der Waals surface area contributed by atoms with Crippen molar-refractivity contribution in [2.75, 3.05) is 0 Å². The topological polar surface area (TPSA) is 72.0 Å². The third-order valence-corrected chi connectivity index (χ3v) is 3.20. The second-order valence-corrected chi connectivity index (χ2v) is 5.22.